The lowest BCUT2D eigenvalue weighted by molar-refractivity contribution is 0.310. The fraction of sp³-hybridized carbons (Fsp3) is 0.250. The summed E-state index contributed by atoms with van der Waals surface area (Å²) in [7, 11) is 1.63. The number of nitrogens with one attached hydrogen (secondary N) is 3. The number of benzene rings is 2. The van der Waals surface area contributed by atoms with Crippen LogP contribution in [0.15, 0.2) is 47.4 Å². The number of anilines is 1. The molecule has 0 amide bonds. The second-order valence-corrected chi connectivity index (χ2v) is 8.58. The molecule has 0 radical (unpaired) electrons. The van der Waals surface area contributed by atoms with Gasteiger partial charge in [-0.3, -0.25) is 9.78 Å². The Kier molecular flexibility index (Phi) is 8.19. The van der Waals surface area contributed by atoms with E-state index < -0.39 is 11.4 Å². The van der Waals surface area contributed by atoms with Gasteiger partial charge < -0.3 is 20.1 Å². The van der Waals surface area contributed by atoms with Crippen LogP contribution >= 0.6 is 23.2 Å². The zero-order valence-electron chi connectivity index (χ0n) is 19.4. The molecule has 188 valence electrons. The molecule has 0 aliphatic rings. The van der Waals surface area contributed by atoms with Crippen molar-refractivity contribution in [3.8, 4) is 11.5 Å². The number of aromatic amines is 1. The van der Waals surface area contributed by atoms with Crippen LogP contribution < -0.4 is 25.7 Å². The number of hydrogen-bond acceptors (Lipinski definition) is 8. The maximum Gasteiger partial charge on any atom is 0.263 e. The summed E-state index contributed by atoms with van der Waals surface area (Å²) < 4.78 is 25.2. The number of hydrogen-bond donors (Lipinski definition) is 3. The highest BCUT2D eigenvalue weighted by Crippen LogP contribution is 2.33. The number of fused-ring (bicyclic) bond motifs is 1. The van der Waals surface area contributed by atoms with Crippen molar-refractivity contribution in [3.63, 3.8) is 0 Å². The highest BCUT2D eigenvalue weighted by Gasteiger charge is 2.18. The Balaban J connectivity index is 1.39. The average molecular weight is 533 g/mol. The van der Waals surface area contributed by atoms with Gasteiger partial charge in [0.1, 0.15) is 23.3 Å². The number of H-pyrrole nitrogens is 1. The van der Waals surface area contributed by atoms with Crippen LogP contribution in [0.3, 0.4) is 0 Å². The van der Waals surface area contributed by atoms with Gasteiger partial charge in [0.05, 0.1) is 18.3 Å². The average Bonchev–Trinajstić information content (AvgIpc) is 2.87. The third-order valence-electron chi connectivity index (χ3n) is 5.45. The van der Waals surface area contributed by atoms with Crippen molar-refractivity contribution in [3.05, 3.63) is 80.2 Å². The van der Waals surface area contributed by atoms with Crippen molar-refractivity contribution < 1.29 is 13.9 Å². The molecule has 9 nitrogen and oxygen atoms in total. The van der Waals surface area contributed by atoms with Gasteiger partial charge >= 0.3 is 0 Å². The molecule has 0 bridgehead atoms. The minimum Gasteiger partial charge on any atom is -0.497 e. The normalized spacial score (nSPS) is 11.9. The molecule has 0 spiro atoms. The molecule has 2 heterocycles. The quantitative estimate of drug-likeness (QED) is 0.202. The molecule has 2 aromatic carbocycles. The van der Waals surface area contributed by atoms with E-state index in [0.717, 1.165) is 22.9 Å². The van der Waals surface area contributed by atoms with Crippen LogP contribution in [0, 0.1) is 5.82 Å². The van der Waals surface area contributed by atoms with Gasteiger partial charge in [0.2, 0.25) is 5.28 Å². The molecule has 0 aliphatic carbocycles. The molecule has 12 heteroatoms. The number of halogens is 3. The number of methoxy groups -OCH3 is 1. The third-order valence-corrected chi connectivity index (χ3v) is 5.91. The summed E-state index contributed by atoms with van der Waals surface area (Å²) in [5.41, 5.74) is 1.13. The molecule has 0 saturated carbocycles. The maximum absolute atomic E-state index is 14.3. The first-order chi connectivity index (χ1) is 17.4. The van der Waals surface area contributed by atoms with Crippen molar-refractivity contribution in [1.82, 2.24) is 25.5 Å². The summed E-state index contributed by atoms with van der Waals surface area (Å²) in [5, 5.41) is 14.5. The van der Waals surface area contributed by atoms with Gasteiger partial charge in [-0.1, -0.05) is 23.7 Å². The van der Waals surface area contributed by atoms with Crippen LogP contribution in [0.4, 0.5) is 10.2 Å². The molecule has 3 N–H and O–H groups in total. The third kappa shape index (κ3) is 5.84. The lowest BCUT2D eigenvalue weighted by Gasteiger charge is -2.18. The van der Waals surface area contributed by atoms with E-state index in [-0.39, 0.29) is 39.6 Å². The number of aromatic nitrogens is 4. The monoisotopic (exact) mass is 532 g/mol. The Morgan fingerprint density at radius 3 is 2.72 bits per heavy atom. The van der Waals surface area contributed by atoms with E-state index in [1.807, 2.05) is 37.3 Å². The summed E-state index contributed by atoms with van der Waals surface area (Å²) in [6, 6.07) is 10.6. The second kappa shape index (κ2) is 11.5. The molecule has 0 saturated heterocycles. The molecule has 1 unspecified atom stereocenters. The first-order valence-corrected chi connectivity index (χ1v) is 11.7. The zero-order valence-corrected chi connectivity index (χ0v) is 21.0. The Hall–Kier alpha value is -3.47. The van der Waals surface area contributed by atoms with Gasteiger partial charge in [0.25, 0.3) is 5.56 Å². The van der Waals surface area contributed by atoms with Crippen molar-refractivity contribution in [2.45, 2.75) is 19.5 Å². The highest BCUT2D eigenvalue weighted by atomic mass is 35.5. The number of nitrogens with zero attached hydrogens (tertiary/aromatic N) is 3. The van der Waals surface area contributed by atoms with Gasteiger partial charge in [-0.15, -0.1) is 5.10 Å². The molecule has 36 heavy (non-hydrogen) atoms. The molecule has 4 aromatic rings. The summed E-state index contributed by atoms with van der Waals surface area (Å²) in [4.78, 5) is 18.5. The lowest BCUT2D eigenvalue weighted by Crippen LogP contribution is -2.25. The summed E-state index contributed by atoms with van der Waals surface area (Å²) >= 11 is 11.9. The highest BCUT2D eigenvalue weighted by molar-refractivity contribution is 6.33. The van der Waals surface area contributed by atoms with Gasteiger partial charge in [0, 0.05) is 24.7 Å². The fourth-order valence-corrected chi connectivity index (χ4v) is 4.05. The SMILES string of the molecule is COc1ccc(CNc2nnccc2C(C)NCCOc2c(Cl)cc(F)c3nc(Cl)[nH]c(=O)c23)cc1. The molecule has 4 rings (SSSR count). The minimum absolute atomic E-state index is 0.0361. The number of rotatable bonds is 10. The van der Waals surface area contributed by atoms with Gasteiger partial charge in [0.15, 0.2) is 17.4 Å². The summed E-state index contributed by atoms with van der Waals surface area (Å²) in [6.45, 7) is 3.09. The fourth-order valence-electron chi connectivity index (χ4n) is 3.63. The maximum atomic E-state index is 14.3. The first-order valence-electron chi connectivity index (χ1n) is 11.0. The van der Waals surface area contributed by atoms with Crippen LogP contribution in [-0.4, -0.2) is 40.4 Å². The number of ether oxygens (including phenoxy) is 2. The van der Waals surface area contributed by atoms with E-state index in [2.05, 4.69) is 30.8 Å². The molecular weight excluding hydrogens is 510 g/mol. The smallest absolute Gasteiger partial charge is 0.263 e. The van der Waals surface area contributed by atoms with Crippen molar-refractivity contribution >= 4 is 39.9 Å². The van der Waals surface area contributed by atoms with Gasteiger partial charge in [-0.25, -0.2) is 9.37 Å². The van der Waals surface area contributed by atoms with Crippen LogP contribution in [0.5, 0.6) is 11.5 Å². The van der Waals surface area contributed by atoms with Crippen LogP contribution in [0.1, 0.15) is 24.1 Å². The topological polar surface area (TPSA) is 114 Å². The molecule has 0 aliphatic heterocycles. The molecule has 2 aromatic heterocycles. The largest absolute Gasteiger partial charge is 0.497 e. The molecule has 0 fully saturated rings. The zero-order chi connectivity index (χ0) is 25.7. The van der Waals surface area contributed by atoms with Gasteiger partial charge in [-0.2, -0.15) is 5.10 Å². The Morgan fingerprint density at radius 2 is 1.97 bits per heavy atom. The van der Waals surface area contributed by atoms with Crippen molar-refractivity contribution in [2.24, 2.45) is 0 Å². The Bertz CT molecular complexity index is 1420. The van der Waals surface area contributed by atoms with Gasteiger partial charge in [-0.05, 0) is 48.4 Å². The van der Waals surface area contributed by atoms with Crippen LogP contribution in [0.2, 0.25) is 10.3 Å². The first kappa shape index (κ1) is 25.6. The Labute approximate surface area is 216 Å². The molecular formula is C24H23Cl2FN6O3. The van der Waals surface area contributed by atoms with E-state index in [1.54, 1.807) is 13.3 Å². The van der Waals surface area contributed by atoms with Crippen molar-refractivity contribution in [1.29, 1.82) is 0 Å². The van der Waals surface area contributed by atoms with Crippen LogP contribution in [-0.2, 0) is 6.54 Å². The Morgan fingerprint density at radius 1 is 1.19 bits per heavy atom. The minimum atomic E-state index is -0.762. The van der Waals surface area contributed by atoms with E-state index in [0.29, 0.717) is 18.9 Å². The van der Waals surface area contributed by atoms with E-state index in [4.69, 9.17) is 32.7 Å². The second-order valence-electron chi connectivity index (χ2n) is 7.81. The van der Waals surface area contributed by atoms with E-state index in [1.165, 1.54) is 0 Å². The molecule has 1 atom stereocenters. The predicted octanol–water partition coefficient (Wildman–Crippen LogP) is 4.51. The predicted molar refractivity (Wildman–Crippen MR) is 137 cm³/mol. The van der Waals surface area contributed by atoms with Crippen molar-refractivity contribution in [2.75, 3.05) is 25.6 Å². The van der Waals surface area contributed by atoms with E-state index >= 15 is 0 Å². The standard InChI is InChI=1S/C24H23Cl2FN6O3/c1-13(16-7-8-30-33-22(16)29-12-14-3-5-15(35-2)6-4-14)28-9-10-36-21-17(25)11-18(27)20-19(21)23(34)32-24(26)31-20/h3-8,11,13,28H,9-10,12H2,1-2H3,(H,29,33)(H,31,32,34). The lowest BCUT2D eigenvalue weighted by atomic mass is 10.1. The summed E-state index contributed by atoms with van der Waals surface area (Å²) in [5.74, 6) is 0.720. The summed E-state index contributed by atoms with van der Waals surface area (Å²) in [6.07, 6.45) is 1.62. The van der Waals surface area contributed by atoms with E-state index in [9.17, 15) is 9.18 Å². The van der Waals surface area contributed by atoms with Crippen LogP contribution in [0.25, 0.3) is 10.9 Å².